The van der Waals surface area contributed by atoms with Crippen LogP contribution in [0, 0.1) is 11.3 Å². The van der Waals surface area contributed by atoms with Gasteiger partial charge < -0.3 is 14.4 Å². The number of nitriles is 1. The number of hydrogen-bond donors (Lipinski definition) is 0. The van der Waals surface area contributed by atoms with Crippen molar-refractivity contribution in [2.45, 2.75) is 75.0 Å². The maximum absolute atomic E-state index is 14.2. The first-order valence-electron chi connectivity index (χ1n) is 16.1. The summed E-state index contributed by atoms with van der Waals surface area (Å²) in [7, 11) is 1.89. The molecule has 0 radical (unpaired) electrons. The number of rotatable bonds is 10. The van der Waals surface area contributed by atoms with Gasteiger partial charge in [0.2, 0.25) is 0 Å². The van der Waals surface area contributed by atoms with Gasteiger partial charge in [-0.3, -0.25) is 4.79 Å². The number of hydrogen-bond acceptors (Lipinski definition) is 4. The molecule has 2 atom stereocenters. The largest absolute Gasteiger partial charge is 0.612 e. The lowest BCUT2D eigenvalue weighted by Gasteiger charge is -2.34. The summed E-state index contributed by atoms with van der Waals surface area (Å²) in [4.78, 5) is 19.6. The Bertz CT molecular complexity index is 1560. The number of benzene rings is 3. The number of carbonyl (C=O) groups is 1. The second kappa shape index (κ2) is 15.4. The summed E-state index contributed by atoms with van der Waals surface area (Å²) in [6.45, 7) is 5.43. The van der Waals surface area contributed by atoms with Crippen LogP contribution in [0.25, 0.3) is 0 Å². The molecule has 1 heterocycles. The second-order valence-corrected chi connectivity index (χ2v) is 14.7. The normalized spacial score (nSPS) is 16.9. The van der Waals surface area contributed by atoms with E-state index in [1.807, 2.05) is 61.3 Å². The van der Waals surface area contributed by atoms with Crippen molar-refractivity contribution in [3.05, 3.63) is 97.5 Å². The summed E-state index contributed by atoms with van der Waals surface area (Å²) in [6, 6.07) is 18.4. The van der Waals surface area contributed by atoms with Crippen molar-refractivity contribution < 1.29 is 9.35 Å². The zero-order valence-corrected chi connectivity index (χ0v) is 28.9. The predicted octanol–water partition coefficient (Wildman–Crippen LogP) is 8.17. The van der Waals surface area contributed by atoms with Crippen LogP contribution in [0.2, 0.25) is 10.0 Å². The van der Waals surface area contributed by atoms with Crippen molar-refractivity contribution >= 4 is 40.3 Å². The Kier molecular flexibility index (Phi) is 11.6. The van der Waals surface area contributed by atoms with Crippen molar-refractivity contribution in [1.29, 1.82) is 5.26 Å². The van der Waals surface area contributed by atoms with Crippen molar-refractivity contribution in [3.8, 4) is 6.07 Å². The van der Waals surface area contributed by atoms with Gasteiger partial charge in [-0.15, -0.1) is 0 Å². The molecule has 1 saturated heterocycles. The highest BCUT2D eigenvalue weighted by molar-refractivity contribution is 7.90. The maximum Gasteiger partial charge on any atom is 0.254 e. The fourth-order valence-corrected chi connectivity index (χ4v) is 8.44. The Hall–Kier alpha value is -2.53. The van der Waals surface area contributed by atoms with E-state index in [0.29, 0.717) is 34.5 Å². The first kappa shape index (κ1) is 33.8. The molecule has 5 nitrogen and oxygen atoms in total. The summed E-state index contributed by atoms with van der Waals surface area (Å²) in [6.07, 6.45) is 9.30. The average Bonchev–Trinajstić information content (AvgIpc) is 3.06. The van der Waals surface area contributed by atoms with Gasteiger partial charge in [-0.05, 0) is 135 Å². The molecule has 45 heavy (non-hydrogen) atoms. The number of carbonyl (C=O) groups excluding carboxylic acids is 1. The molecule has 1 aliphatic carbocycles. The Balaban J connectivity index is 1.33. The molecule has 8 heteroatoms. The van der Waals surface area contributed by atoms with Gasteiger partial charge in [0.15, 0.2) is 4.90 Å². The first-order valence-corrected chi connectivity index (χ1v) is 18.5. The zero-order chi connectivity index (χ0) is 32.1. The van der Waals surface area contributed by atoms with Gasteiger partial charge >= 0.3 is 0 Å². The Morgan fingerprint density at radius 2 is 1.84 bits per heavy atom. The third kappa shape index (κ3) is 7.72. The van der Waals surface area contributed by atoms with Crippen LogP contribution in [0.1, 0.15) is 94.6 Å². The highest BCUT2D eigenvalue weighted by Gasteiger charge is 2.29. The fraction of sp³-hybridized carbons (Fsp3) is 0.459. The van der Waals surface area contributed by atoms with E-state index < -0.39 is 11.2 Å². The lowest BCUT2D eigenvalue weighted by molar-refractivity contribution is 0.0779. The minimum absolute atomic E-state index is 0.0000448. The highest BCUT2D eigenvalue weighted by Crippen LogP contribution is 2.35. The molecule has 0 N–H and O–H groups in total. The Morgan fingerprint density at radius 1 is 1.11 bits per heavy atom. The van der Waals surface area contributed by atoms with E-state index in [4.69, 9.17) is 23.2 Å². The number of fused-ring (bicyclic) bond motifs is 1. The molecule has 5 rings (SSSR count). The van der Waals surface area contributed by atoms with E-state index >= 15 is 0 Å². The molecule has 3 aromatic rings. The van der Waals surface area contributed by atoms with Crippen LogP contribution in [0.5, 0.6) is 0 Å². The minimum atomic E-state index is -0.996. The van der Waals surface area contributed by atoms with Crippen LogP contribution < -0.4 is 0 Å². The smallest absolute Gasteiger partial charge is 0.254 e. The second-order valence-electron chi connectivity index (χ2n) is 12.5. The average molecular weight is 665 g/mol. The monoisotopic (exact) mass is 663 g/mol. The van der Waals surface area contributed by atoms with Gasteiger partial charge in [-0.1, -0.05) is 54.4 Å². The molecule has 3 aromatic carbocycles. The van der Waals surface area contributed by atoms with Crippen LogP contribution in [-0.2, 0) is 30.4 Å². The number of nitrogens with zero attached hydrogens (tertiary/aromatic N) is 3. The van der Waals surface area contributed by atoms with Gasteiger partial charge in [0.1, 0.15) is 6.26 Å². The van der Waals surface area contributed by atoms with Crippen molar-refractivity contribution in [1.82, 2.24) is 9.80 Å². The van der Waals surface area contributed by atoms with Crippen LogP contribution >= 0.6 is 23.2 Å². The maximum atomic E-state index is 14.2. The molecule has 0 saturated carbocycles. The van der Waals surface area contributed by atoms with Gasteiger partial charge in [0.05, 0.1) is 21.7 Å². The summed E-state index contributed by atoms with van der Waals surface area (Å²) in [5, 5.41) is 11.0. The quantitative estimate of drug-likeness (QED) is 0.205. The molecule has 0 spiro atoms. The molecule has 238 valence electrons. The van der Waals surface area contributed by atoms with E-state index in [2.05, 4.69) is 17.0 Å². The number of piperidine rings is 1. The van der Waals surface area contributed by atoms with E-state index in [1.54, 1.807) is 6.26 Å². The molecule has 0 bridgehead atoms. The molecule has 2 aliphatic rings. The third-order valence-corrected chi connectivity index (χ3v) is 11.5. The lowest BCUT2D eigenvalue weighted by atomic mass is 9.82. The van der Waals surface area contributed by atoms with Crippen molar-refractivity contribution in [2.24, 2.45) is 0 Å². The summed E-state index contributed by atoms with van der Waals surface area (Å²) in [5.74, 6) is 0.480. The highest BCUT2D eigenvalue weighted by atomic mass is 35.5. The first-order chi connectivity index (χ1) is 21.7. The summed E-state index contributed by atoms with van der Waals surface area (Å²) >= 11 is 11.8. The van der Waals surface area contributed by atoms with Gasteiger partial charge in [-0.25, -0.2) is 0 Å². The molecule has 0 aromatic heterocycles. The van der Waals surface area contributed by atoms with Crippen LogP contribution in [0.4, 0.5) is 0 Å². The minimum Gasteiger partial charge on any atom is -0.612 e. The third-order valence-electron chi connectivity index (χ3n) is 9.75. The van der Waals surface area contributed by atoms with Crippen molar-refractivity contribution in [2.75, 3.05) is 39.5 Å². The zero-order valence-electron chi connectivity index (χ0n) is 26.6. The molecule has 1 fully saturated rings. The van der Waals surface area contributed by atoms with Crippen LogP contribution in [0.15, 0.2) is 53.4 Å². The number of halogens is 2. The standard InChI is InChI=1S/C37H43Cl2N3O2S/c1-4-30-29(23-40)21-27-9-5-6-11-32(27)36(30)37(43)41(2)24-28(26-13-14-33(38)34(39)22-26)17-20-42-18-15-25(16-19-42)31-10-7-8-12-35(31)45(3)44/h7-8,10,12-14,21-22,25,28H,4-6,9,11,15-20,24H2,1-3H3/t28-,45+/m1/s1. The van der Waals surface area contributed by atoms with Crippen LogP contribution in [-0.4, -0.2) is 59.7 Å². The fourth-order valence-electron chi connectivity index (χ4n) is 7.30. The SMILES string of the molecule is CCc1c(C#N)cc2c(c1C(=O)N(C)C[C@@H](CCN1CCC(c3ccccc3[S@+](C)[O-])CC1)c1ccc(Cl)c(Cl)c1)CCCC2. The predicted molar refractivity (Wildman–Crippen MR) is 185 cm³/mol. The molecule has 1 amide bonds. The topological polar surface area (TPSA) is 70.4 Å². The van der Waals surface area contributed by atoms with E-state index in [9.17, 15) is 14.6 Å². The number of amides is 1. The van der Waals surface area contributed by atoms with Crippen LogP contribution in [0.3, 0.4) is 0 Å². The van der Waals surface area contributed by atoms with Gasteiger partial charge in [0, 0.05) is 30.6 Å². The summed E-state index contributed by atoms with van der Waals surface area (Å²) < 4.78 is 12.3. The molecule has 1 aliphatic heterocycles. The van der Waals surface area contributed by atoms with Gasteiger partial charge in [-0.2, -0.15) is 5.26 Å². The van der Waals surface area contributed by atoms with Gasteiger partial charge in [0.25, 0.3) is 5.91 Å². The number of likely N-dealkylation sites (tertiary alicyclic amines) is 1. The molecule has 0 unspecified atom stereocenters. The molecular formula is C37H43Cl2N3O2S. The number of likely N-dealkylation sites (N-methyl/N-ethyl adjacent to an activating group) is 1. The molecular weight excluding hydrogens is 621 g/mol. The van der Waals surface area contributed by atoms with E-state index in [1.165, 1.54) is 5.56 Å². The Labute approximate surface area is 281 Å². The van der Waals surface area contributed by atoms with Crippen molar-refractivity contribution in [3.63, 3.8) is 0 Å². The summed E-state index contributed by atoms with van der Waals surface area (Å²) in [5.41, 5.74) is 6.84. The number of aryl methyl sites for hydroxylation is 1. The van der Waals surface area contributed by atoms with E-state index in [0.717, 1.165) is 97.3 Å². The Morgan fingerprint density at radius 3 is 2.53 bits per heavy atom. The lowest BCUT2D eigenvalue weighted by Crippen LogP contribution is -2.37. The van der Waals surface area contributed by atoms with E-state index in [-0.39, 0.29) is 11.8 Å².